The standard InChI is InChI=1S/C36H70N4O/c1-26(2)10-6-11-27(3)30-12-13-31-34-32(15-17-36(30,31)5)35(4)16-14-29(24-28(35)25-33(34)41)40-23-9-22-39-21-8-20-38-19-7-18-37/h26-34,38-41H,6-25,37H2,1-5H3/t27-,28+,29-,30-,31?,32?,33-,34?,35+,36-/m1/s1. The van der Waals surface area contributed by atoms with Gasteiger partial charge in [-0.05, 0) is 162 Å². The van der Waals surface area contributed by atoms with E-state index in [2.05, 4.69) is 50.6 Å². The molecule has 4 aliphatic rings. The summed E-state index contributed by atoms with van der Waals surface area (Å²) in [5.74, 6) is 5.25. The Morgan fingerprint density at radius 1 is 0.756 bits per heavy atom. The van der Waals surface area contributed by atoms with Gasteiger partial charge in [-0.15, -0.1) is 0 Å². The molecule has 10 atom stereocenters. The van der Waals surface area contributed by atoms with Gasteiger partial charge in [-0.1, -0.05) is 53.9 Å². The van der Waals surface area contributed by atoms with Crippen LogP contribution in [-0.4, -0.2) is 56.5 Å². The van der Waals surface area contributed by atoms with Crippen molar-refractivity contribution < 1.29 is 5.11 Å². The minimum absolute atomic E-state index is 0.0783. The van der Waals surface area contributed by atoms with E-state index in [0.717, 1.165) is 81.7 Å². The Morgan fingerprint density at radius 2 is 1.41 bits per heavy atom. The summed E-state index contributed by atoms with van der Waals surface area (Å²) in [6.07, 6.45) is 18.1. The van der Waals surface area contributed by atoms with Crippen LogP contribution in [0.4, 0.5) is 0 Å². The van der Waals surface area contributed by atoms with Gasteiger partial charge in [0.2, 0.25) is 0 Å². The van der Waals surface area contributed by atoms with E-state index in [1.807, 2.05) is 0 Å². The first kappa shape index (κ1) is 33.7. The second-order valence-electron chi connectivity index (χ2n) is 16.1. The molecule has 4 fully saturated rings. The number of nitrogens with two attached hydrogens (primary N) is 1. The van der Waals surface area contributed by atoms with E-state index >= 15 is 0 Å². The van der Waals surface area contributed by atoms with Crippen LogP contribution >= 0.6 is 0 Å². The lowest BCUT2D eigenvalue weighted by Crippen LogP contribution is -2.59. The number of hydrogen-bond donors (Lipinski definition) is 5. The van der Waals surface area contributed by atoms with Gasteiger partial charge in [-0.2, -0.15) is 0 Å². The molecular weight excluding hydrogens is 504 g/mol. The van der Waals surface area contributed by atoms with E-state index in [0.29, 0.717) is 28.7 Å². The molecule has 0 spiro atoms. The first-order chi connectivity index (χ1) is 19.7. The van der Waals surface area contributed by atoms with Gasteiger partial charge in [-0.25, -0.2) is 0 Å². The summed E-state index contributed by atoms with van der Waals surface area (Å²) in [4.78, 5) is 0. The fourth-order valence-corrected chi connectivity index (χ4v) is 10.8. The summed E-state index contributed by atoms with van der Waals surface area (Å²) in [7, 11) is 0. The molecular formula is C36H70N4O. The highest BCUT2D eigenvalue weighted by Gasteiger charge is 2.62. The molecule has 0 bridgehead atoms. The fraction of sp³-hybridized carbons (Fsp3) is 1.00. The highest BCUT2D eigenvalue weighted by atomic mass is 16.3. The molecule has 41 heavy (non-hydrogen) atoms. The minimum atomic E-state index is -0.0783. The lowest BCUT2D eigenvalue weighted by Gasteiger charge is -2.62. The van der Waals surface area contributed by atoms with Crippen molar-refractivity contribution >= 4 is 0 Å². The van der Waals surface area contributed by atoms with Gasteiger partial charge in [0.05, 0.1) is 6.10 Å². The summed E-state index contributed by atoms with van der Waals surface area (Å²) in [6, 6.07) is 0.639. The molecule has 0 aromatic carbocycles. The van der Waals surface area contributed by atoms with Crippen molar-refractivity contribution in [1.29, 1.82) is 0 Å². The highest BCUT2D eigenvalue weighted by molar-refractivity contribution is 5.12. The highest BCUT2D eigenvalue weighted by Crippen LogP contribution is 2.68. The number of aliphatic hydroxyl groups is 1. The molecule has 0 radical (unpaired) electrons. The van der Waals surface area contributed by atoms with Crippen LogP contribution in [0.5, 0.6) is 0 Å². The van der Waals surface area contributed by atoms with Crippen LogP contribution in [0.1, 0.15) is 125 Å². The van der Waals surface area contributed by atoms with Gasteiger partial charge >= 0.3 is 0 Å². The topological polar surface area (TPSA) is 82.3 Å². The molecule has 5 heteroatoms. The van der Waals surface area contributed by atoms with E-state index in [-0.39, 0.29) is 6.10 Å². The predicted molar refractivity (Wildman–Crippen MR) is 175 cm³/mol. The van der Waals surface area contributed by atoms with Crippen molar-refractivity contribution in [2.75, 3.05) is 39.3 Å². The molecule has 0 saturated heterocycles. The smallest absolute Gasteiger partial charge is 0.0577 e. The normalized spacial score (nSPS) is 39.4. The second kappa shape index (κ2) is 15.7. The third kappa shape index (κ3) is 8.10. The lowest BCUT2D eigenvalue weighted by molar-refractivity contribution is -0.167. The maximum atomic E-state index is 11.8. The maximum absolute atomic E-state index is 11.8. The number of aliphatic hydroxyl groups excluding tert-OH is 1. The quantitative estimate of drug-likeness (QED) is 0.131. The van der Waals surface area contributed by atoms with Gasteiger partial charge in [0.15, 0.2) is 0 Å². The lowest BCUT2D eigenvalue weighted by atomic mass is 9.43. The largest absolute Gasteiger partial charge is 0.393 e. The van der Waals surface area contributed by atoms with Crippen molar-refractivity contribution in [3.63, 3.8) is 0 Å². The first-order valence-electron chi connectivity index (χ1n) is 18.2. The van der Waals surface area contributed by atoms with Gasteiger partial charge in [0.1, 0.15) is 0 Å². The Bertz CT molecular complexity index is 762. The van der Waals surface area contributed by atoms with Crippen LogP contribution in [0, 0.1) is 52.3 Å². The molecule has 240 valence electrons. The molecule has 0 aromatic heterocycles. The first-order valence-corrected chi connectivity index (χ1v) is 18.2. The molecule has 5 nitrogen and oxygen atoms in total. The monoisotopic (exact) mass is 575 g/mol. The molecule has 4 aliphatic carbocycles. The van der Waals surface area contributed by atoms with Crippen LogP contribution in [0.25, 0.3) is 0 Å². The van der Waals surface area contributed by atoms with E-state index in [1.165, 1.54) is 77.0 Å². The molecule has 0 aromatic rings. The Labute approximate surface area is 254 Å². The molecule has 4 saturated carbocycles. The fourth-order valence-electron chi connectivity index (χ4n) is 10.8. The zero-order valence-corrected chi connectivity index (χ0v) is 27.9. The summed E-state index contributed by atoms with van der Waals surface area (Å²) in [6.45, 7) is 18.8. The molecule has 0 amide bonds. The van der Waals surface area contributed by atoms with E-state index in [9.17, 15) is 5.11 Å². The van der Waals surface area contributed by atoms with Crippen LogP contribution in [0.2, 0.25) is 0 Å². The zero-order valence-electron chi connectivity index (χ0n) is 27.9. The molecule has 6 N–H and O–H groups in total. The van der Waals surface area contributed by atoms with Crippen molar-refractivity contribution in [2.45, 2.75) is 137 Å². The summed E-state index contributed by atoms with van der Waals surface area (Å²) >= 11 is 0. The summed E-state index contributed by atoms with van der Waals surface area (Å²) < 4.78 is 0. The molecule has 4 rings (SSSR count). The number of fused-ring (bicyclic) bond motifs is 5. The van der Waals surface area contributed by atoms with Gasteiger partial charge in [0.25, 0.3) is 0 Å². The number of hydrogen-bond acceptors (Lipinski definition) is 5. The van der Waals surface area contributed by atoms with Crippen LogP contribution in [0.15, 0.2) is 0 Å². The molecule has 0 heterocycles. The minimum Gasteiger partial charge on any atom is -0.393 e. The van der Waals surface area contributed by atoms with Crippen molar-refractivity contribution in [2.24, 2.45) is 58.0 Å². The van der Waals surface area contributed by atoms with E-state index in [1.54, 1.807) is 0 Å². The number of nitrogens with one attached hydrogen (secondary N) is 3. The van der Waals surface area contributed by atoms with E-state index in [4.69, 9.17) is 5.73 Å². The van der Waals surface area contributed by atoms with Crippen LogP contribution < -0.4 is 21.7 Å². The third-order valence-electron chi connectivity index (χ3n) is 13.1. The number of rotatable bonds is 17. The Balaban J connectivity index is 1.22. The molecule has 3 unspecified atom stereocenters. The van der Waals surface area contributed by atoms with Crippen molar-refractivity contribution in [1.82, 2.24) is 16.0 Å². The van der Waals surface area contributed by atoms with Crippen LogP contribution in [0.3, 0.4) is 0 Å². The van der Waals surface area contributed by atoms with Crippen LogP contribution in [-0.2, 0) is 0 Å². The summed E-state index contributed by atoms with van der Waals surface area (Å²) in [5.41, 5.74) is 6.43. The van der Waals surface area contributed by atoms with Crippen molar-refractivity contribution in [3.05, 3.63) is 0 Å². The SMILES string of the molecule is CC(C)CCC[C@@H](C)[C@H]1CCC2C3C(CC[C@@]21C)[C@@]1(C)CC[C@@H](NCCCNCCCNCCCN)C[C@H]1C[C@H]3O. The third-order valence-corrected chi connectivity index (χ3v) is 13.1. The Kier molecular flexibility index (Phi) is 12.9. The summed E-state index contributed by atoms with van der Waals surface area (Å²) in [5, 5.41) is 22.8. The molecule has 0 aliphatic heterocycles. The van der Waals surface area contributed by atoms with Gasteiger partial charge in [0, 0.05) is 6.04 Å². The zero-order chi connectivity index (χ0) is 29.5. The van der Waals surface area contributed by atoms with Crippen molar-refractivity contribution in [3.8, 4) is 0 Å². The van der Waals surface area contributed by atoms with Gasteiger partial charge < -0.3 is 26.8 Å². The average molecular weight is 575 g/mol. The Morgan fingerprint density at radius 3 is 2.12 bits per heavy atom. The van der Waals surface area contributed by atoms with Gasteiger partial charge in [-0.3, -0.25) is 0 Å². The van der Waals surface area contributed by atoms with E-state index < -0.39 is 0 Å². The Hall–Kier alpha value is -0.200. The average Bonchev–Trinajstić information content (AvgIpc) is 3.29. The predicted octanol–water partition coefficient (Wildman–Crippen LogP) is 6.34. The second-order valence-corrected chi connectivity index (χ2v) is 16.1. The maximum Gasteiger partial charge on any atom is 0.0577 e.